The Morgan fingerprint density at radius 2 is 2.21 bits per heavy atom. The van der Waals surface area contributed by atoms with Crippen LogP contribution in [0.3, 0.4) is 0 Å². The van der Waals surface area contributed by atoms with Crippen LogP contribution in [0.2, 0.25) is 0 Å². The molecule has 0 saturated carbocycles. The first kappa shape index (κ1) is 14.2. The van der Waals surface area contributed by atoms with E-state index in [0.29, 0.717) is 5.75 Å². The van der Waals surface area contributed by atoms with E-state index in [9.17, 15) is 5.11 Å². The number of aromatic hydroxyl groups is 1. The molecule has 1 heterocycles. The summed E-state index contributed by atoms with van der Waals surface area (Å²) in [6.07, 6.45) is 0.212. The average molecular weight is 265 g/mol. The van der Waals surface area contributed by atoms with E-state index < -0.39 is 0 Å². The summed E-state index contributed by atoms with van der Waals surface area (Å²) in [5, 5.41) is 10.0. The van der Waals surface area contributed by atoms with Gasteiger partial charge in [-0.3, -0.25) is 4.90 Å². The van der Waals surface area contributed by atoms with Crippen molar-refractivity contribution >= 4 is 0 Å². The molecule has 2 rings (SSSR count). The van der Waals surface area contributed by atoms with Gasteiger partial charge in [-0.2, -0.15) is 0 Å². The number of hydrogen-bond donors (Lipinski definition) is 1. The molecular formula is C15H23NO3. The molecule has 0 aromatic heterocycles. The number of ether oxygens (including phenoxy) is 2. The van der Waals surface area contributed by atoms with Crippen molar-refractivity contribution < 1.29 is 14.6 Å². The molecule has 1 aromatic carbocycles. The third-order valence-electron chi connectivity index (χ3n) is 3.33. The van der Waals surface area contributed by atoms with Crippen molar-refractivity contribution in [1.82, 2.24) is 4.90 Å². The van der Waals surface area contributed by atoms with Gasteiger partial charge in [-0.15, -0.1) is 0 Å². The van der Waals surface area contributed by atoms with Crippen LogP contribution in [0.25, 0.3) is 0 Å². The second-order valence-electron chi connectivity index (χ2n) is 5.85. The van der Waals surface area contributed by atoms with E-state index in [1.165, 1.54) is 0 Å². The number of rotatable bonds is 3. The van der Waals surface area contributed by atoms with Crippen molar-refractivity contribution in [2.24, 2.45) is 0 Å². The molecule has 1 unspecified atom stereocenters. The number of phenols is 1. The minimum absolute atomic E-state index is 0.139. The van der Waals surface area contributed by atoms with E-state index in [1.807, 2.05) is 12.1 Å². The molecule has 0 amide bonds. The molecule has 1 aliphatic heterocycles. The van der Waals surface area contributed by atoms with Crippen LogP contribution in [-0.2, 0) is 11.3 Å². The van der Waals surface area contributed by atoms with Gasteiger partial charge < -0.3 is 14.6 Å². The zero-order chi connectivity index (χ0) is 14.0. The van der Waals surface area contributed by atoms with E-state index in [2.05, 4.69) is 25.7 Å². The first-order valence-electron chi connectivity index (χ1n) is 6.66. The topological polar surface area (TPSA) is 41.9 Å². The lowest BCUT2D eigenvalue weighted by molar-refractivity contribution is -0.130. The van der Waals surface area contributed by atoms with E-state index in [4.69, 9.17) is 9.47 Å². The van der Waals surface area contributed by atoms with Crippen LogP contribution in [0.1, 0.15) is 26.3 Å². The normalized spacial score (nSPS) is 23.3. The summed E-state index contributed by atoms with van der Waals surface area (Å²) in [7, 11) is 1.60. The summed E-state index contributed by atoms with van der Waals surface area (Å²) in [4.78, 5) is 2.32. The summed E-state index contributed by atoms with van der Waals surface area (Å²) in [6.45, 7) is 8.76. The van der Waals surface area contributed by atoms with Gasteiger partial charge in [0.2, 0.25) is 0 Å². The van der Waals surface area contributed by atoms with Crippen molar-refractivity contribution in [2.45, 2.75) is 39.0 Å². The molecular weight excluding hydrogens is 242 g/mol. The Morgan fingerprint density at radius 3 is 2.79 bits per heavy atom. The number of hydrogen-bond acceptors (Lipinski definition) is 4. The predicted molar refractivity (Wildman–Crippen MR) is 74.6 cm³/mol. The fraction of sp³-hybridized carbons (Fsp3) is 0.600. The Morgan fingerprint density at radius 1 is 1.47 bits per heavy atom. The van der Waals surface area contributed by atoms with Gasteiger partial charge in [0.05, 0.1) is 18.8 Å². The predicted octanol–water partition coefficient (Wildman–Crippen LogP) is 2.40. The van der Waals surface area contributed by atoms with Gasteiger partial charge in [0.15, 0.2) is 0 Å². The summed E-state index contributed by atoms with van der Waals surface area (Å²) < 4.78 is 11.0. The molecule has 0 aliphatic carbocycles. The minimum atomic E-state index is -0.139. The highest BCUT2D eigenvalue weighted by Crippen LogP contribution is 2.27. The summed E-state index contributed by atoms with van der Waals surface area (Å²) >= 11 is 0. The van der Waals surface area contributed by atoms with Crippen LogP contribution in [0.5, 0.6) is 11.5 Å². The highest BCUT2D eigenvalue weighted by atomic mass is 16.5. The standard InChI is InChI=1S/C15H23NO3/c1-11-8-16(10-15(2,3)19-11)9-12-5-6-13(18-4)7-14(12)17/h5-7,11,17H,8-10H2,1-4H3. The quantitative estimate of drug-likeness (QED) is 0.911. The fourth-order valence-electron chi connectivity index (χ4n) is 2.75. The average Bonchev–Trinajstić information content (AvgIpc) is 2.29. The Balaban J connectivity index is 2.08. The first-order valence-corrected chi connectivity index (χ1v) is 6.66. The lowest BCUT2D eigenvalue weighted by Gasteiger charge is -2.41. The zero-order valence-electron chi connectivity index (χ0n) is 12.1. The monoisotopic (exact) mass is 265 g/mol. The van der Waals surface area contributed by atoms with E-state index in [0.717, 1.165) is 25.2 Å². The molecule has 0 bridgehead atoms. The van der Waals surface area contributed by atoms with Crippen molar-refractivity contribution in [2.75, 3.05) is 20.2 Å². The molecule has 1 atom stereocenters. The number of phenolic OH excluding ortho intramolecular Hbond substituents is 1. The third kappa shape index (κ3) is 3.61. The molecule has 0 radical (unpaired) electrons. The fourth-order valence-corrected chi connectivity index (χ4v) is 2.75. The van der Waals surface area contributed by atoms with Crippen LogP contribution in [0, 0.1) is 0 Å². The lowest BCUT2D eigenvalue weighted by atomic mass is 10.0. The maximum Gasteiger partial charge on any atom is 0.123 e. The molecule has 0 spiro atoms. The molecule has 4 heteroatoms. The number of nitrogens with zero attached hydrogens (tertiary/aromatic N) is 1. The largest absolute Gasteiger partial charge is 0.507 e. The minimum Gasteiger partial charge on any atom is -0.507 e. The van der Waals surface area contributed by atoms with Crippen LogP contribution in [0.4, 0.5) is 0 Å². The Labute approximate surface area is 114 Å². The molecule has 1 aliphatic rings. The number of methoxy groups -OCH3 is 1. The van der Waals surface area contributed by atoms with Crippen LogP contribution < -0.4 is 4.74 Å². The maximum absolute atomic E-state index is 10.0. The third-order valence-corrected chi connectivity index (χ3v) is 3.33. The molecule has 1 saturated heterocycles. The zero-order valence-corrected chi connectivity index (χ0v) is 12.1. The van der Waals surface area contributed by atoms with E-state index in [1.54, 1.807) is 13.2 Å². The van der Waals surface area contributed by atoms with Gasteiger partial charge in [0, 0.05) is 31.3 Å². The van der Waals surface area contributed by atoms with Crippen molar-refractivity contribution in [3.05, 3.63) is 23.8 Å². The van der Waals surface area contributed by atoms with Gasteiger partial charge in [-0.05, 0) is 26.8 Å². The molecule has 19 heavy (non-hydrogen) atoms. The molecule has 4 nitrogen and oxygen atoms in total. The van der Waals surface area contributed by atoms with Gasteiger partial charge in [-0.1, -0.05) is 6.07 Å². The first-order chi connectivity index (χ1) is 8.89. The highest BCUT2D eigenvalue weighted by molar-refractivity contribution is 5.39. The van der Waals surface area contributed by atoms with Gasteiger partial charge in [0.1, 0.15) is 11.5 Å². The molecule has 1 N–H and O–H groups in total. The van der Waals surface area contributed by atoms with Crippen LogP contribution >= 0.6 is 0 Å². The van der Waals surface area contributed by atoms with Crippen LogP contribution in [0.15, 0.2) is 18.2 Å². The Hall–Kier alpha value is -1.26. The summed E-state index contributed by atoms with van der Waals surface area (Å²) in [6, 6.07) is 5.45. The van der Waals surface area contributed by atoms with E-state index >= 15 is 0 Å². The Bertz CT molecular complexity index is 445. The number of morpholine rings is 1. The van der Waals surface area contributed by atoms with E-state index in [-0.39, 0.29) is 17.5 Å². The number of benzene rings is 1. The van der Waals surface area contributed by atoms with Crippen LogP contribution in [-0.4, -0.2) is 41.9 Å². The second-order valence-corrected chi connectivity index (χ2v) is 5.85. The van der Waals surface area contributed by atoms with Crippen molar-refractivity contribution in [3.63, 3.8) is 0 Å². The second kappa shape index (κ2) is 5.39. The van der Waals surface area contributed by atoms with Crippen molar-refractivity contribution in [3.8, 4) is 11.5 Å². The van der Waals surface area contributed by atoms with Crippen molar-refractivity contribution in [1.29, 1.82) is 0 Å². The lowest BCUT2D eigenvalue weighted by Crippen LogP contribution is -2.51. The maximum atomic E-state index is 10.0. The smallest absolute Gasteiger partial charge is 0.123 e. The molecule has 1 fully saturated rings. The SMILES string of the molecule is COc1ccc(CN2CC(C)OC(C)(C)C2)c(O)c1. The molecule has 1 aromatic rings. The van der Waals surface area contributed by atoms with Gasteiger partial charge in [0.25, 0.3) is 0 Å². The highest BCUT2D eigenvalue weighted by Gasteiger charge is 2.31. The summed E-state index contributed by atoms with van der Waals surface area (Å²) in [5.74, 6) is 0.966. The molecule has 106 valence electrons. The summed E-state index contributed by atoms with van der Waals surface area (Å²) in [5.41, 5.74) is 0.783. The Kier molecular flexibility index (Phi) is 4.02. The van der Waals surface area contributed by atoms with Gasteiger partial charge >= 0.3 is 0 Å². The van der Waals surface area contributed by atoms with Gasteiger partial charge in [-0.25, -0.2) is 0 Å².